The van der Waals surface area contributed by atoms with Gasteiger partial charge in [0.2, 0.25) is 6.79 Å². The highest BCUT2D eigenvalue weighted by atomic mass is 16.7. The minimum absolute atomic E-state index is 0.222. The van der Waals surface area contributed by atoms with Gasteiger partial charge in [-0.25, -0.2) is 9.78 Å². The van der Waals surface area contributed by atoms with Crippen LogP contribution >= 0.6 is 0 Å². The van der Waals surface area contributed by atoms with Crippen molar-refractivity contribution in [3.63, 3.8) is 0 Å². The summed E-state index contributed by atoms with van der Waals surface area (Å²) in [6.45, 7) is 5.76. The van der Waals surface area contributed by atoms with Crippen molar-refractivity contribution in [3.8, 4) is 11.5 Å². The molecule has 1 aliphatic carbocycles. The molecule has 0 bridgehead atoms. The monoisotopic (exact) mass is 534 g/mol. The number of benzene rings is 3. The Morgan fingerprint density at radius 3 is 2.58 bits per heavy atom. The molecule has 202 valence electrons. The molecule has 0 radical (unpaired) electrons. The summed E-state index contributed by atoms with van der Waals surface area (Å²) >= 11 is 0. The molecule has 0 atom stereocenters. The lowest BCUT2D eigenvalue weighted by atomic mass is 9.86. The van der Waals surface area contributed by atoms with E-state index in [-0.39, 0.29) is 19.3 Å². The van der Waals surface area contributed by atoms with Crippen LogP contribution in [0.4, 0.5) is 5.69 Å². The third kappa shape index (κ3) is 4.91. The summed E-state index contributed by atoms with van der Waals surface area (Å²) in [5.74, 6) is 0.554. The molecule has 7 nitrogen and oxygen atoms in total. The number of carbonyl (C=O) groups is 2. The number of nitrogens with zero attached hydrogens (tertiary/aromatic N) is 1. The van der Waals surface area contributed by atoms with Gasteiger partial charge in [0.25, 0.3) is 5.91 Å². The van der Waals surface area contributed by atoms with Gasteiger partial charge in [0, 0.05) is 11.1 Å². The average Bonchev–Trinajstić information content (AvgIpc) is 3.41. The summed E-state index contributed by atoms with van der Waals surface area (Å²) in [6.07, 6.45) is 4.50. The Hall–Kier alpha value is -4.65. The van der Waals surface area contributed by atoms with E-state index in [0.717, 1.165) is 74.5 Å². The van der Waals surface area contributed by atoms with Gasteiger partial charge in [-0.2, -0.15) is 0 Å². The highest BCUT2D eigenvalue weighted by Gasteiger charge is 2.27. The third-order valence-electron chi connectivity index (χ3n) is 7.39. The maximum atomic E-state index is 13.6. The van der Waals surface area contributed by atoms with Gasteiger partial charge in [-0.1, -0.05) is 42.0 Å². The standard InChI is InChI=1S/C33H30N2O5/c1-19-13-20(2)31(21(3)14-19)35-29(36)17-38-33(37)30-24-8-4-5-10-26(24)34-32-23(7-6-9-25(30)32)15-22-11-12-27-28(16-22)40-18-39-27/h4-5,8,10-16H,6-7,9,17-18H2,1-3H3,(H,35,36)/b23-15-. The second-order valence-corrected chi connectivity index (χ2v) is 10.4. The first-order chi connectivity index (χ1) is 19.4. The van der Waals surface area contributed by atoms with Crippen molar-refractivity contribution in [1.82, 2.24) is 4.98 Å². The second kappa shape index (κ2) is 10.5. The van der Waals surface area contributed by atoms with Gasteiger partial charge in [-0.05, 0) is 92.1 Å². The number of aromatic nitrogens is 1. The van der Waals surface area contributed by atoms with Gasteiger partial charge in [0.05, 0.1) is 16.8 Å². The predicted octanol–water partition coefficient (Wildman–Crippen LogP) is 6.56. The second-order valence-electron chi connectivity index (χ2n) is 10.4. The number of ether oxygens (including phenoxy) is 3. The molecule has 1 N–H and O–H groups in total. The quantitative estimate of drug-likeness (QED) is 0.292. The van der Waals surface area contributed by atoms with Gasteiger partial charge in [0.1, 0.15) is 0 Å². The number of allylic oxidation sites excluding steroid dienone is 1. The molecule has 2 aliphatic rings. The number of rotatable bonds is 5. The molecule has 1 aliphatic heterocycles. The van der Waals surface area contributed by atoms with Crippen LogP contribution in [0.1, 0.15) is 56.7 Å². The molecule has 0 saturated heterocycles. The van der Waals surface area contributed by atoms with E-state index in [0.29, 0.717) is 17.5 Å². The Labute approximate surface area is 232 Å². The number of para-hydroxylation sites is 1. The molecular weight excluding hydrogens is 504 g/mol. The van der Waals surface area contributed by atoms with Crippen molar-refractivity contribution in [1.29, 1.82) is 0 Å². The van der Waals surface area contributed by atoms with Gasteiger partial charge in [-0.15, -0.1) is 0 Å². The molecule has 1 aromatic heterocycles. The SMILES string of the molecule is Cc1cc(C)c(NC(=O)COC(=O)c2c3c(nc4ccccc24)/C(=C\c2ccc4c(c2)OCO4)CCC3)c(C)c1. The number of nitrogens with one attached hydrogen (secondary N) is 1. The van der Waals surface area contributed by atoms with E-state index < -0.39 is 5.97 Å². The summed E-state index contributed by atoms with van der Waals surface area (Å²) in [5, 5.41) is 3.63. The number of anilines is 1. The van der Waals surface area contributed by atoms with E-state index in [9.17, 15) is 9.59 Å². The smallest absolute Gasteiger partial charge is 0.339 e. The van der Waals surface area contributed by atoms with Crippen molar-refractivity contribution in [2.75, 3.05) is 18.7 Å². The molecule has 0 unspecified atom stereocenters. The van der Waals surface area contributed by atoms with Crippen molar-refractivity contribution >= 4 is 40.1 Å². The Bertz CT molecular complexity index is 1680. The zero-order chi connectivity index (χ0) is 27.8. The molecule has 4 aromatic rings. The Morgan fingerprint density at radius 2 is 1.75 bits per heavy atom. The topological polar surface area (TPSA) is 86.8 Å². The molecule has 7 heteroatoms. The first-order valence-electron chi connectivity index (χ1n) is 13.4. The summed E-state index contributed by atoms with van der Waals surface area (Å²) in [6, 6.07) is 17.4. The number of aryl methyl sites for hydroxylation is 3. The average molecular weight is 535 g/mol. The van der Waals surface area contributed by atoms with Crippen molar-refractivity contribution in [2.45, 2.75) is 40.0 Å². The molecule has 1 amide bonds. The van der Waals surface area contributed by atoms with Crippen LogP contribution in [0.5, 0.6) is 11.5 Å². The van der Waals surface area contributed by atoms with Crippen molar-refractivity contribution in [3.05, 3.63) is 93.7 Å². The summed E-state index contributed by atoms with van der Waals surface area (Å²) < 4.78 is 16.6. The highest BCUT2D eigenvalue weighted by molar-refractivity contribution is 6.07. The lowest BCUT2D eigenvalue weighted by Crippen LogP contribution is -2.23. The van der Waals surface area contributed by atoms with Crippen molar-refractivity contribution in [2.24, 2.45) is 0 Å². The number of amides is 1. The van der Waals surface area contributed by atoms with E-state index in [4.69, 9.17) is 19.2 Å². The first kappa shape index (κ1) is 25.6. The minimum atomic E-state index is -0.522. The van der Waals surface area contributed by atoms with Crippen molar-refractivity contribution < 1.29 is 23.8 Å². The van der Waals surface area contributed by atoms with E-state index in [1.807, 2.05) is 75.4 Å². The predicted molar refractivity (Wildman–Crippen MR) is 155 cm³/mol. The zero-order valence-corrected chi connectivity index (χ0v) is 22.8. The van der Waals surface area contributed by atoms with Crippen LogP contribution < -0.4 is 14.8 Å². The van der Waals surface area contributed by atoms with Crippen LogP contribution in [0.25, 0.3) is 22.6 Å². The van der Waals surface area contributed by atoms with E-state index in [1.54, 1.807) is 0 Å². The number of hydrogen-bond acceptors (Lipinski definition) is 6. The number of hydrogen-bond donors (Lipinski definition) is 1. The van der Waals surface area contributed by atoms with Crippen LogP contribution in [0.15, 0.2) is 54.6 Å². The van der Waals surface area contributed by atoms with Crippen LogP contribution in [0.2, 0.25) is 0 Å². The lowest BCUT2D eigenvalue weighted by Gasteiger charge is -2.22. The molecule has 0 saturated carbocycles. The molecule has 0 fully saturated rings. The fraction of sp³-hybridized carbons (Fsp3) is 0.242. The number of esters is 1. The van der Waals surface area contributed by atoms with Gasteiger partial charge in [0.15, 0.2) is 18.1 Å². The van der Waals surface area contributed by atoms with Crippen LogP contribution in [-0.4, -0.2) is 30.3 Å². The maximum absolute atomic E-state index is 13.6. The summed E-state index contributed by atoms with van der Waals surface area (Å²) in [4.78, 5) is 31.4. The van der Waals surface area contributed by atoms with Gasteiger partial charge in [-0.3, -0.25) is 4.79 Å². The van der Waals surface area contributed by atoms with E-state index >= 15 is 0 Å². The molecule has 0 spiro atoms. The minimum Gasteiger partial charge on any atom is -0.454 e. The number of carbonyl (C=O) groups excluding carboxylic acids is 2. The van der Waals surface area contributed by atoms with Crippen LogP contribution in [0, 0.1) is 20.8 Å². The Morgan fingerprint density at radius 1 is 0.975 bits per heavy atom. The van der Waals surface area contributed by atoms with E-state index in [2.05, 4.69) is 11.4 Å². The fourth-order valence-electron chi connectivity index (χ4n) is 5.67. The normalized spacial score (nSPS) is 14.7. The first-order valence-corrected chi connectivity index (χ1v) is 13.4. The molecule has 2 heterocycles. The van der Waals surface area contributed by atoms with Crippen LogP contribution in [0.3, 0.4) is 0 Å². The number of fused-ring (bicyclic) bond motifs is 3. The Balaban J connectivity index is 1.30. The maximum Gasteiger partial charge on any atom is 0.339 e. The highest BCUT2D eigenvalue weighted by Crippen LogP contribution is 2.38. The van der Waals surface area contributed by atoms with Gasteiger partial charge >= 0.3 is 5.97 Å². The number of pyridine rings is 1. The molecule has 40 heavy (non-hydrogen) atoms. The Kier molecular flexibility index (Phi) is 6.72. The zero-order valence-electron chi connectivity index (χ0n) is 22.8. The third-order valence-corrected chi connectivity index (χ3v) is 7.39. The summed E-state index contributed by atoms with van der Waals surface area (Å²) in [5.41, 5.74) is 8.66. The molecule has 3 aromatic carbocycles. The van der Waals surface area contributed by atoms with Crippen LogP contribution in [-0.2, 0) is 16.0 Å². The lowest BCUT2D eigenvalue weighted by molar-refractivity contribution is -0.119. The molecule has 6 rings (SSSR count). The summed E-state index contributed by atoms with van der Waals surface area (Å²) in [7, 11) is 0. The fourth-order valence-corrected chi connectivity index (χ4v) is 5.67. The largest absolute Gasteiger partial charge is 0.454 e. The van der Waals surface area contributed by atoms with Gasteiger partial charge < -0.3 is 19.5 Å². The van der Waals surface area contributed by atoms with E-state index in [1.165, 1.54) is 0 Å². The molecular formula is C33H30N2O5.